The third-order valence-electron chi connectivity index (χ3n) is 5.16. The molecule has 0 saturated carbocycles. The number of carbonyl (C=O) groups is 2. The molecular weight excluding hydrogens is 362 g/mol. The fourth-order valence-electron chi connectivity index (χ4n) is 3.36. The minimum Gasteiger partial charge on any atom is -0.360 e. The number of benzene rings is 2. The molecule has 0 radical (unpaired) electrons. The molecule has 1 aliphatic heterocycles. The smallest absolute Gasteiger partial charge is 0.282 e. The van der Waals surface area contributed by atoms with Gasteiger partial charge in [0.25, 0.3) is 5.91 Å². The first-order chi connectivity index (χ1) is 12.9. The Morgan fingerprint density at radius 2 is 1.63 bits per heavy atom. The fraction of sp³-hybridized carbons (Fsp3) is 0.333. The summed E-state index contributed by atoms with van der Waals surface area (Å²) in [5.74, 6) is 0.0999. The van der Waals surface area contributed by atoms with Gasteiger partial charge in [-0.25, -0.2) is 0 Å². The zero-order valence-electron chi connectivity index (χ0n) is 15.7. The molecule has 6 heteroatoms. The van der Waals surface area contributed by atoms with E-state index in [9.17, 15) is 9.59 Å². The molecule has 1 atom stereocenters. The summed E-state index contributed by atoms with van der Waals surface area (Å²) in [7, 11) is 0. The van der Waals surface area contributed by atoms with Crippen LogP contribution in [0.25, 0.3) is 0 Å². The maximum absolute atomic E-state index is 12.5. The summed E-state index contributed by atoms with van der Waals surface area (Å²) < 4.78 is 0. The molecule has 0 unspecified atom stereocenters. The number of ketones is 1. The SMILES string of the molecule is CC(=O)c1ccc(N2CC[NH+]([C@H](C)C(=O)Nc3ccc(Cl)cc3)CC2)cc1. The lowest BCUT2D eigenvalue weighted by molar-refractivity contribution is -0.914. The Hall–Kier alpha value is -2.37. The molecule has 3 rings (SSSR count). The van der Waals surface area contributed by atoms with Crippen molar-refractivity contribution in [3.05, 3.63) is 59.1 Å². The van der Waals surface area contributed by atoms with E-state index >= 15 is 0 Å². The van der Waals surface area contributed by atoms with Crippen LogP contribution in [0, 0.1) is 0 Å². The standard InChI is InChI=1S/C21H24ClN3O2/c1-15(21(27)23-19-7-5-18(22)6-8-19)24-11-13-25(14-12-24)20-9-3-17(4-10-20)16(2)26/h3-10,15H,11-14H2,1-2H3,(H,23,27)/p+1/t15-/m1/s1. The van der Waals surface area contributed by atoms with Crippen LogP contribution in [0.1, 0.15) is 24.2 Å². The molecule has 0 aromatic heterocycles. The van der Waals surface area contributed by atoms with Crippen molar-refractivity contribution in [3.63, 3.8) is 0 Å². The van der Waals surface area contributed by atoms with Crippen LogP contribution in [0.15, 0.2) is 48.5 Å². The number of anilines is 2. The Bertz CT molecular complexity index is 797. The van der Waals surface area contributed by atoms with Crippen LogP contribution in [0.4, 0.5) is 11.4 Å². The van der Waals surface area contributed by atoms with Gasteiger partial charge in [-0.05, 0) is 62.4 Å². The van der Waals surface area contributed by atoms with Gasteiger partial charge in [-0.2, -0.15) is 0 Å². The van der Waals surface area contributed by atoms with Crippen molar-refractivity contribution < 1.29 is 14.5 Å². The summed E-state index contributed by atoms with van der Waals surface area (Å²) in [4.78, 5) is 27.5. The van der Waals surface area contributed by atoms with Crippen LogP contribution in [-0.2, 0) is 4.79 Å². The number of hydrogen-bond donors (Lipinski definition) is 2. The molecule has 0 spiro atoms. The molecule has 1 amide bonds. The Balaban J connectivity index is 1.53. The zero-order valence-corrected chi connectivity index (χ0v) is 16.4. The molecule has 1 heterocycles. The molecule has 1 saturated heterocycles. The van der Waals surface area contributed by atoms with E-state index in [1.807, 2.05) is 43.3 Å². The highest BCUT2D eigenvalue weighted by molar-refractivity contribution is 6.30. The average molecular weight is 387 g/mol. The number of hydrogen-bond acceptors (Lipinski definition) is 3. The molecule has 1 aliphatic rings. The van der Waals surface area contributed by atoms with E-state index < -0.39 is 0 Å². The van der Waals surface area contributed by atoms with Gasteiger partial charge in [0.15, 0.2) is 11.8 Å². The van der Waals surface area contributed by atoms with Gasteiger partial charge in [0.1, 0.15) is 0 Å². The molecule has 2 aromatic carbocycles. The number of rotatable bonds is 5. The minimum absolute atomic E-state index is 0.0200. The number of amides is 1. The second kappa shape index (κ2) is 8.55. The van der Waals surface area contributed by atoms with Crippen LogP contribution < -0.4 is 15.1 Å². The van der Waals surface area contributed by atoms with Gasteiger partial charge in [-0.1, -0.05) is 11.6 Å². The normalized spacial score (nSPS) is 16.0. The molecule has 2 N–H and O–H groups in total. The third kappa shape index (κ3) is 4.87. The molecule has 2 aromatic rings. The first kappa shape index (κ1) is 19.4. The van der Waals surface area contributed by atoms with E-state index in [2.05, 4.69) is 10.2 Å². The van der Waals surface area contributed by atoms with Gasteiger partial charge < -0.3 is 15.1 Å². The van der Waals surface area contributed by atoms with Crippen LogP contribution in [0.3, 0.4) is 0 Å². The topological polar surface area (TPSA) is 53.9 Å². The summed E-state index contributed by atoms with van der Waals surface area (Å²) >= 11 is 5.88. The van der Waals surface area contributed by atoms with Gasteiger partial charge in [0.2, 0.25) is 0 Å². The Kier molecular flexibility index (Phi) is 6.14. The molecule has 142 valence electrons. The average Bonchev–Trinajstić information content (AvgIpc) is 2.69. The number of carbonyl (C=O) groups excluding carboxylic acids is 2. The summed E-state index contributed by atoms with van der Waals surface area (Å²) in [6.07, 6.45) is 0. The second-order valence-electron chi connectivity index (χ2n) is 6.97. The summed E-state index contributed by atoms with van der Waals surface area (Å²) in [5, 5.41) is 3.61. The van der Waals surface area contributed by atoms with Crippen LogP contribution in [0.5, 0.6) is 0 Å². The highest BCUT2D eigenvalue weighted by atomic mass is 35.5. The number of Topliss-reactive ketones (excluding diaryl/α,β-unsaturated/α-hetero) is 1. The van der Waals surface area contributed by atoms with Crippen LogP contribution >= 0.6 is 11.6 Å². The van der Waals surface area contributed by atoms with E-state index in [4.69, 9.17) is 11.6 Å². The van der Waals surface area contributed by atoms with Gasteiger partial charge in [-0.15, -0.1) is 0 Å². The second-order valence-corrected chi connectivity index (χ2v) is 7.40. The van der Waals surface area contributed by atoms with Crippen LogP contribution in [0.2, 0.25) is 5.02 Å². The van der Waals surface area contributed by atoms with Gasteiger partial charge >= 0.3 is 0 Å². The molecule has 27 heavy (non-hydrogen) atoms. The zero-order chi connectivity index (χ0) is 19.4. The third-order valence-corrected chi connectivity index (χ3v) is 5.41. The van der Waals surface area contributed by atoms with E-state index in [0.29, 0.717) is 5.02 Å². The Morgan fingerprint density at radius 3 is 2.19 bits per heavy atom. The number of quaternary nitrogens is 1. The van der Waals surface area contributed by atoms with E-state index in [1.54, 1.807) is 19.1 Å². The van der Waals surface area contributed by atoms with E-state index in [0.717, 1.165) is 43.1 Å². The number of nitrogens with one attached hydrogen (secondary N) is 2. The van der Waals surface area contributed by atoms with E-state index in [1.165, 1.54) is 4.90 Å². The van der Waals surface area contributed by atoms with Crippen LogP contribution in [-0.4, -0.2) is 43.9 Å². The van der Waals surface area contributed by atoms with Crippen molar-refractivity contribution in [2.45, 2.75) is 19.9 Å². The highest BCUT2D eigenvalue weighted by Crippen LogP contribution is 2.16. The summed E-state index contributed by atoms with van der Waals surface area (Å²) in [6.45, 7) is 7.10. The maximum Gasteiger partial charge on any atom is 0.282 e. The number of piperazine rings is 1. The molecule has 0 aliphatic carbocycles. The van der Waals surface area contributed by atoms with Crippen molar-refractivity contribution in [1.82, 2.24) is 0 Å². The molecule has 5 nitrogen and oxygen atoms in total. The van der Waals surface area contributed by atoms with Gasteiger partial charge in [0.05, 0.1) is 26.2 Å². The number of nitrogens with zero attached hydrogens (tertiary/aromatic N) is 1. The predicted molar refractivity (Wildman–Crippen MR) is 109 cm³/mol. The van der Waals surface area contributed by atoms with E-state index in [-0.39, 0.29) is 17.7 Å². The van der Waals surface area contributed by atoms with Crippen molar-refractivity contribution in [1.29, 1.82) is 0 Å². The molecule has 0 bridgehead atoms. The maximum atomic E-state index is 12.5. The number of halogens is 1. The lowest BCUT2D eigenvalue weighted by Gasteiger charge is -2.36. The largest absolute Gasteiger partial charge is 0.360 e. The predicted octanol–water partition coefficient (Wildman–Crippen LogP) is 2.27. The first-order valence-electron chi connectivity index (χ1n) is 9.21. The fourth-order valence-corrected chi connectivity index (χ4v) is 3.49. The monoisotopic (exact) mass is 386 g/mol. The quantitative estimate of drug-likeness (QED) is 0.775. The summed E-state index contributed by atoms with van der Waals surface area (Å²) in [6, 6.07) is 14.8. The Morgan fingerprint density at radius 1 is 1.04 bits per heavy atom. The van der Waals surface area contributed by atoms with Crippen molar-refractivity contribution in [2.24, 2.45) is 0 Å². The minimum atomic E-state index is -0.122. The van der Waals surface area contributed by atoms with Crippen molar-refractivity contribution in [3.8, 4) is 0 Å². The molecular formula is C21H25ClN3O2+. The Labute approximate surface area is 164 Å². The van der Waals surface area contributed by atoms with Crippen molar-refractivity contribution in [2.75, 3.05) is 36.4 Å². The lowest BCUT2D eigenvalue weighted by atomic mass is 10.1. The highest BCUT2D eigenvalue weighted by Gasteiger charge is 2.29. The van der Waals surface area contributed by atoms with Gasteiger partial charge in [-0.3, -0.25) is 9.59 Å². The lowest BCUT2D eigenvalue weighted by Crippen LogP contribution is -3.19. The van der Waals surface area contributed by atoms with Gasteiger partial charge in [0, 0.05) is 22.0 Å². The first-order valence-corrected chi connectivity index (χ1v) is 9.59. The molecule has 1 fully saturated rings. The van der Waals surface area contributed by atoms with Crippen molar-refractivity contribution >= 4 is 34.7 Å². The summed E-state index contributed by atoms with van der Waals surface area (Å²) in [5.41, 5.74) is 2.62.